The standard InChI is InChI=1S/C22H33N3O3/c1-28-13-12-24(16-19-8-5-11-23-14-19)22(27)20-9-10-21(26)25(17-20)15-18-6-3-2-4-7-18/h5,8,11,14,18,20H,2-4,6-7,9-10,12-13,15-17H2,1H3/t20-/m0/s1. The molecular formula is C22H33N3O3. The molecule has 1 aromatic heterocycles. The van der Waals surface area contributed by atoms with Gasteiger partial charge in [-0.15, -0.1) is 0 Å². The van der Waals surface area contributed by atoms with Crippen molar-refractivity contribution in [2.75, 3.05) is 33.4 Å². The van der Waals surface area contributed by atoms with Gasteiger partial charge in [-0.2, -0.15) is 0 Å². The fourth-order valence-corrected chi connectivity index (χ4v) is 4.41. The second-order valence-electron chi connectivity index (χ2n) is 8.15. The van der Waals surface area contributed by atoms with Gasteiger partial charge >= 0.3 is 0 Å². The Bertz CT molecular complexity index is 631. The quantitative estimate of drug-likeness (QED) is 0.688. The Hall–Kier alpha value is -1.95. The van der Waals surface area contributed by atoms with Crippen LogP contribution >= 0.6 is 0 Å². The molecule has 0 aromatic carbocycles. The van der Waals surface area contributed by atoms with Crippen LogP contribution in [0.3, 0.4) is 0 Å². The summed E-state index contributed by atoms with van der Waals surface area (Å²) in [5.74, 6) is 0.828. The molecule has 154 valence electrons. The van der Waals surface area contributed by atoms with Crippen molar-refractivity contribution < 1.29 is 14.3 Å². The lowest BCUT2D eigenvalue weighted by atomic mass is 9.87. The number of aromatic nitrogens is 1. The highest BCUT2D eigenvalue weighted by Crippen LogP contribution is 2.27. The average molecular weight is 388 g/mol. The van der Waals surface area contributed by atoms with Crippen molar-refractivity contribution in [1.29, 1.82) is 0 Å². The highest BCUT2D eigenvalue weighted by Gasteiger charge is 2.33. The summed E-state index contributed by atoms with van der Waals surface area (Å²) >= 11 is 0. The Kier molecular flexibility index (Phi) is 7.83. The zero-order valence-corrected chi connectivity index (χ0v) is 17.0. The summed E-state index contributed by atoms with van der Waals surface area (Å²) in [6.45, 7) is 2.97. The number of nitrogens with zero attached hydrogens (tertiary/aromatic N) is 3. The van der Waals surface area contributed by atoms with Crippen molar-refractivity contribution in [3.63, 3.8) is 0 Å². The van der Waals surface area contributed by atoms with Crippen LogP contribution in [0.5, 0.6) is 0 Å². The SMILES string of the molecule is COCCN(Cc1cccnc1)C(=O)[C@H]1CCC(=O)N(CC2CCCCC2)C1. The molecule has 0 N–H and O–H groups in total. The third-order valence-electron chi connectivity index (χ3n) is 6.03. The van der Waals surface area contributed by atoms with Gasteiger partial charge in [0.1, 0.15) is 0 Å². The van der Waals surface area contributed by atoms with Crippen LogP contribution in [0, 0.1) is 11.8 Å². The zero-order chi connectivity index (χ0) is 19.8. The molecule has 1 saturated heterocycles. The summed E-state index contributed by atoms with van der Waals surface area (Å²) in [5, 5.41) is 0. The second-order valence-corrected chi connectivity index (χ2v) is 8.15. The fraction of sp³-hybridized carbons (Fsp3) is 0.682. The molecule has 2 aliphatic rings. The minimum atomic E-state index is -0.116. The smallest absolute Gasteiger partial charge is 0.227 e. The minimum Gasteiger partial charge on any atom is -0.383 e. The highest BCUT2D eigenvalue weighted by atomic mass is 16.5. The Labute approximate surface area is 168 Å². The van der Waals surface area contributed by atoms with Crippen LogP contribution in [0.4, 0.5) is 0 Å². The molecule has 0 unspecified atom stereocenters. The average Bonchev–Trinajstić information content (AvgIpc) is 2.73. The summed E-state index contributed by atoms with van der Waals surface area (Å²) in [6.07, 6.45) is 10.9. The molecule has 1 atom stereocenters. The number of methoxy groups -OCH3 is 1. The van der Waals surface area contributed by atoms with Crippen LogP contribution < -0.4 is 0 Å². The largest absolute Gasteiger partial charge is 0.383 e. The maximum atomic E-state index is 13.3. The van der Waals surface area contributed by atoms with Gasteiger partial charge in [-0.25, -0.2) is 0 Å². The third-order valence-corrected chi connectivity index (χ3v) is 6.03. The molecule has 6 nitrogen and oxygen atoms in total. The first-order chi connectivity index (χ1) is 13.7. The lowest BCUT2D eigenvalue weighted by molar-refractivity contribution is -0.144. The topological polar surface area (TPSA) is 62.7 Å². The molecular weight excluding hydrogens is 354 g/mol. The summed E-state index contributed by atoms with van der Waals surface area (Å²) in [4.78, 5) is 33.7. The Morgan fingerprint density at radius 1 is 1.29 bits per heavy atom. The van der Waals surface area contributed by atoms with E-state index in [1.165, 1.54) is 32.1 Å². The first-order valence-corrected chi connectivity index (χ1v) is 10.6. The number of amides is 2. The summed E-state index contributed by atoms with van der Waals surface area (Å²) in [7, 11) is 1.65. The van der Waals surface area contributed by atoms with Gasteiger partial charge in [-0.05, 0) is 36.8 Å². The van der Waals surface area contributed by atoms with E-state index in [9.17, 15) is 9.59 Å². The number of rotatable bonds is 8. The zero-order valence-electron chi connectivity index (χ0n) is 17.0. The van der Waals surface area contributed by atoms with Crippen LogP contribution in [0.1, 0.15) is 50.5 Å². The number of hydrogen-bond acceptors (Lipinski definition) is 4. The van der Waals surface area contributed by atoms with E-state index in [1.807, 2.05) is 21.9 Å². The van der Waals surface area contributed by atoms with E-state index in [0.717, 1.165) is 12.1 Å². The molecule has 1 aliphatic heterocycles. The van der Waals surface area contributed by atoms with Crippen molar-refractivity contribution in [2.24, 2.45) is 11.8 Å². The molecule has 0 radical (unpaired) electrons. The predicted octanol–water partition coefficient (Wildman–Crippen LogP) is 2.88. The van der Waals surface area contributed by atoms with Crippen LogP contribution in [-0.2, 0) is 20.9 Å². The lowest BCUT2D eigenvalue weighted by Crippen LogP contribution is -2.48. The van der Waals surface area contributed by atoms with Gasteiger partial charge in [0.25, 0.3) is 0 Å². The van der Waals surface area contributed by atoms with Crippen molar-refractivity contribution in [3.8, 4) is 0 Å². The molecule has 2 heterocycles. The molecule has 28 heavy (non-hydrogen) atoms. The normalized spacial score (nSPS) is 21.0. The second kappa shape index (κ2) is 10.6. The number of carbonyl (C=O) groups is 2. The molecule has 1 saturated carbocycles. The van der Waals surface area contributed by atoms with Crippen LogP contribution in [0.2, 0.25) is 0 Å². The van der Waals surface area contributed by atoms with Crippen LogP contribution in [-0.4, -0.2) is 59.9 Å². The first kappa shape index (κ1) is 20.8. The number of pyridine rings is 1. The van der Waals surface area contributed by atoms with Crippen LogP contribution in [0.25, 0.3) is 0 Å². The molecule has 1 aliphatic carbocycles. The lowest BCUT2D eigenvalue weighted by Gasteiger charge is -2.37. The maximum Gasteiger partial charge on any atom is 0.227 e. The summed E-state index contributed by atoms with van der Waals surface area (Å²) in [5.41, 5.74) is 1.01. The number of likely N-dealkylation sites (tertiary alicyclic amines) is 1. The van der Waals surface area contributed by atoms with Crippen molar-refractivity contribution >= 4 is 11.8 Å². The summed E-state index contributed by atoms with van der Waals surface area (Å²) in [6, 6.07) is 3.87. The molecule has 2 fully saturated rings. The van der Waals surface area contributed by atoms with E-state index in [-0.39, 0.29) is 17.7 Å². The molecule has 0 spiro atoms. The molecule has 6 heteroatoms. The van der Waals surface area contributed by atoms with Crippen molar-refractivity contribution in [3.05, 3.63) is 30.1 Å². The van der Waals surface area contributed by atoms with Gasteiger partial charge in [0.05, 0.1) is 12.5 Å². The van der Waals surface area contributed by atoms with Crippen LogP contribution in [0.15, 0.2) is 24.5 Å². The van der Waals surface area contributed by atoms with E-state index in [2.05, 4.69) is 4.98 Å². The van der Waals surface area contributed by atoms with Gasteiger partial charge in [0.15, 0.2) is 0 Å². The first-order valence-electron chi connectivity index (χ1n) is 10.6. The minimum absolute atomic E-state index is 0.116. The van der Waals surface area contributed by atoms with E-state index in [1.54, 1.807) is 19.5 Å². The number of ether oxygens (including phenoxy) is 1. The predicted molar refractivity (Wildman–Crippen MR) is 107 cm³/mol. The van der Waals surface area contributed by atoms with E-state index >= 15 is 0 Å². The van der Waals surface area contributed by atoms with Gasteiger partial charge < -0.3 is 14.5 Å². The van der Waals surface area contributed by atoms with Crippen molar-refractivity contribution in [2.45, 2.75) is 51.5 Å². The van der Waals surface area contributed by atoms with Gasteiger partial charge in [0, 0.05) is 52.1 Å². The Morgan fingerprint density at radius 2 is 2.11 bits per heavy atom. The fourth-order valence-electron chi connectivity index (χ4n) is 4.41. The third kappa shape index (κ3) is 5.77. The maximum absolute atomic E-state index is 13.3. The Morgan fingerprint density at radius 3 is 2.82 bits per heavy atom. The number of carbonyl (C=O) groups excluding carboxylic acids is 2. The number of piperidine rings is 1. The van der Waals surface area contributed by atoms with E-state index in [0.29, 0.717) is 45.0 Å². The van der Waals surface area contributed by atoms with E-state index in [4.69, 9.17) is 4.74 Å². The van der Waals surface area contributed by atoms with Gasteiger partial charge in [-0.3, -0.25) is 14.6 Å². The molecule has 0 bridgehead atoms. The van der Waals surface area contributed by atoms with Crippen molar-refractivity contribution in [1.82, 2.24) is 14.8 Å². The van der Waals surface area contributed by atoms with Gasteiger partial charge in [-0.1, -0.05) is 25.3 Å². The monoisotopic (exact) mass is 387 g/mol. The molecule has 3 rings (SSSR count). The molecule has 2 amide bonds. The Balaban J connectivity index is 1.62. The van der Waals surface area contributed by atoms with E-state index < -0.39 is 0 Å². The highest BCUT2D eigenvalue weighted by molar-refractivity contribution is 5.84. The molecule has 1 aromatic rings. The summed E-state index contributed by atoms with van der Waals surface area (Å²) < 4.78 is 5.21. The van der Waals surface area contributed by atoms with Gasteiger partial charge in [0.2, 0.25) is 11.8 Å². The number of hydrogen-bond donors (Lipinski definition) is 0.